The van der Waals surface area contributed by atoms with Crippen molar-refractivity contribution in [2.45, 2.75) is 32.6 Å². The van der Waals surface area contributed by atoms with E-state index in [0.717, 1.165) is 42.6 Å². The SMILES string of the molecule is COC(=O)C1CCCCC1CNC(=O)c1cccc(Nc2cc(-c3ccccc3)nc(C)n2)c1. The molecule has 4 rings (SSSR count). The van der Waals surface area contributed by atoms with Gasteiger partial charge in [0, 0.05) is 29.4 Å². The van der Waals surface area contributed by atoms with Crippen LogP contribution in [0.1, 0.15) is 41.9 Å². The second kappa shape index (κ2) is 10.9. The predicted octanol–water partition coefficient (Wildman–Crippen LogP) is 4.90. The number of nitrogens with one attached hydrogen (secondary N) is 2. The van der Waals surface area contributed by atoms with Crippen molar-refractivity contribution in [1.82, 2.24) is 15.3 Å². The third kappa shape index (κ3) is 5.78. The average Bonchev–Trinajstić information content (AvgIpc) is 2.87. The van der Waals surface area contributed by atoms with Gasteiger partial charge < -0.3 is 15.4 Å². The van der Waals surface area contributed by atoms with Gasteiger partial charge in [-0.3, -0.25) is 9.59 Å². The summed E-state index contributed by atoms with van der Waals surface area (Å²) in [6.07, 6.45) is 3.82. The lowest BCUT2D eigenvalue weighted by Gasteiger charge is -2.29. The van der Waals surface area contributed by atoms with Gasteiger partial charge in [0.15, 0.2) is 0 Å². The van der Waals surface area contributed by atoms with E-state index in [4.69, 9.17) is 4.74 Å². The highest BCUT2D eigenvalue weighted by atomic mass is 16.5. The zero-order valence-corrected chi connectivity index (χ0v) is 19.6. The van der Waals surface area contributed by atoms with Gasteiger partial charge in [-0.25, -0.2) is 9.97 Å². The Balaban J connectivity index is 1.43. The number of anilines is 2. The normalized spacial score (nSPS) is 17.6. The third-order valence-corrected chi connectivity index (χ3v) is 6.24. The number of rotatable bonds is 7. The van der Waals surface area contributed by atoms with Crippen LogP contribution in [0.15, 0.2) is 60.7 Å². The molecule has 1 amide bonds. The number of nitrogens with zero attached hydrogens (tertiary/aromatic N) is 2. The molecule has 1 aliphatic rings. The maximum atomic E-state index is 12.9. The largest absolute Gasteiger partial charge is 0.469 e. The van der Waals surface area contributed by atoms with E-state index in [-0.39, 0.29) is 23.7 Å². The quantitative estimate of drug-likeness (QED) is 0.489. The molecule has 1 aromatic heterocycles. The summed E-state index contributed by atoms with van der Waals surface area (Å²) in [6, 6.07) is 19.1. The van der Waals surface area contributed by atoms with Crippen LogP contribution in [0.5, 0.6) is 0 Å². The summed E-state index contributed by atoms with van der Waals surface area (Å²) in [5.74, 6) is 0.929. The number of amides is 1. The smallest absolute Gasteiger partial charge is 0.309 e. The first-order chi connectivity index (χ1) is 16.5. The highest BCUT2D eigenvalue weighted by molar-refractivity contribution is 5.95. The van der Waals surface area contributed by atoms with Crippen LogP contribution in [0.2, 0.25) is 0 Å². The van der Waals surface area contributed by atoms with Crippen LogP contribution in [0.4, 0.5) is 11.5 Å². The van der Waals surface area contributed by atoms with Crippen LogP contribution in [-0.4, -0.2) is 35.5 Å². The fraction of sp³-hybridized carbons (Fsp3) is 0.333. The van der Waals surface area contributed by atoms with Gasteiger partial charge in [-0.1, -0.05) is 49.2 Å². The number of ether oxygens (including phenoxy) is 1. The van der Waals surface area contributed by atoms with E-state index in [2.05, 4.69) is 20.6 Å². The van der Waals surface area contributed by atoms with Crippen molar-refractivity contribution < 1.29 is 14.3 Å². The first-order valence-electron chi connectivity index (χ1n) is 11.7. The van der Waals surface area contributed by atoms with Gasteiger partial charge in [-0.05, 0) is 43.9 Å². The number of carbonyl (C=O) groups excluding carboxylic acids is 2. The second-order valence-corrected chi connectivity index (χ2v) is 8.64. The lowest BCUT2D eigenvalue weighted by molar-refractivity contribution is -0.148. The molecule has 0 bridgehead atoms. The van der Waals surface area contributed by atoms with Crippen molar-refractivity contribution in [2.75, 3.05) is 19.0 Å². The number of aryl methyl sites for hydroxylation is 1. The van der Waals surface area contributed by atoms with Crippen molar-refractivity contribution >= 4 is 23.4 Å². The van der Waals surface area contributed by atoms with E-state index < -0.39 is 0 Å². The maximum Gasteiger partial charge on any atom is 0.309 e. The molecule has 0 saturated heterocycles. The predicted molar refractivity (Wildman–Crippen MR) is 132 cm³/mol. The van der Waals surface area contributed by atoms with Crippen molar-refractivity contribution in [3.8, 4) is 11.3 Å². The molecule has 176 valence electrons. The highest BCUT2D eigenvalue weighted by Gasteiger charge is 2.31. The number of hydrogen-bond donors (Lipinski definition) is 2. The minimum Gasteiger partial charge on any atom is -0.469 e. The van der Waals surface area contributed by atoms with Crippen LogP contribution < -0.4 is 10.6 Å². The number of methoxy groups -OCH3 is 1. The van der Waals surface area contributed by atoms with E-state index >= 15 is 0 Å². The fourth-order valence-corrected chi connectivity index (χ4v) is 4.51. The molecule has 2 unspecified atom stereocenters. The van der Waals surface area contributed by atoms with Crippen molar-refractivity contribution in [3.05, 3.63) is 72.1 Å². The van der Waals surface area contributed by atoms with E-state index in [0.29, 0.717) is 23.8 Å². The summed E-state index contributed by atoms with van der Waals surface area (Å²) < 4.78 is 4.96. The molecule has 7 heteroatoms. The third-order valence-electron chi connectivity index (χ3n) is 6.24. The molecule has 1 heterocycles. The van der Waals surface area contributed by atoms with Crippen molar-refractivity contribution in [1.29, 1.82) is 0 Å². The average molecular weight is 459 g/mol. The molecule has 7 nitrogen and oxygen atoms in total. The van der Waals surface area contributed by atoms with Gasteiger partial charge in [0.25, 0.3) is 5.91 Å². The van der Waals surface area contributed by atoms with E-state index in [9.17, 15) is 9.59 Å². The van der Waals surface area contributed by atoms with Gasteiger partial charge in [0.05, 0.1) is 18.7 Å². The van der Waals surface area contributed by atoms with Crippen molar-refractivity contribution in [3.63, 3.8) is 0 Å². The zero-order valence-electron chi connectivity index (χ0n) is 19.6. The van der Waals surface area contributed by atoms with E-state index in [1.54, 1.807) is 12.1 Å². The number of carbonyl (C=O) groups is 2. The van der Waals surface area contributed by atoms with Crippen LogP contribution in [0.3, 0.4) is 0 Å². The fourth-order valence-electron chi connectivity index (χ4n) is 4.51. The van der Waals surface area contributed by atoms with Crippen LogP contribution in [0, 0.1) is 18.8 Å². The Labute approximate surface area is 200 Å². The molecule has 0 radical (unpaired) electrons. The molecule has 2 aromatic carbocycles. The van der Waals surface area contributed by atoms with E-state index in [1.807, 2.05) is 55.5 Å². The molecular weight excluding hydrogens is 428 g/mol. The number of aromatic nitrogens is 2. The summed E-state index contributed by atoms with van der Waals surface area (Å²) in [4.78, 5) is 34.0. The highest BCUT2D eigenvalue weighted by Crippen LogP contribution is 2.30. The van der Waals surface area contributed by atoms with Crippen LogP contribution >= 0.6 is 0 Å². The summed E-state index contributed by atoms with van der Waals surface area (Å²) in [5, 5.41) is 6.30. The second-order valence-electron chi connectivity index (χ2n) is 8.64. The van der Waals surface area contributed by atoms with Crippen LogP contribution in [0.25, 0.3) is 11.3 Å². The molecule has 1 aliphatic carbocycles. The molecule has 0 aliphatic heterocycles. The molecule has 34 heavy (non-hydrogen) atoms. The van der Waals surface area contributed by atoms with Gasteiger partial charge in [0.2, 0.25) is 0 Å². The number of esters is 1. The Morgan fingerprint density at radius 3 is 2.59 bits per heavy atom. The van der Waals surface area contributed by atoms with Crippen molar-refractivity contribution in [2.24, 2.45) is 11.8 Å². The Hall–Kier alpha value is -3.74. The van der Waals surface area contributed by atoms with Gasteiger partial charge in [-0.15, -0.1) is 0 Å². The molecule has 2 N–H and O–H groups in total. The Morgan fingerprint density at radius 2 is 1.79 bits per heavy atom. The topological polar surface area (TPSA) is 93.2 Å². The Bertz CT molecular complexity index is 1150. The van der Waals surface area contributed by atoms with Gasteiger partial charge in [0.1, 0.15) is 11.6 Å². The first kappa shape index (κ1) is 23.4. The lowest BCUT2D eigenvalue weighted by atomic mass is 9.79. The molecule has 3 aromatic rings. The first-order valence-corrected chi connectivity index (χ1v) is 11.7. The number of hydrogen-bond acceptors (Lipinski definition) is 6. The summed E-state index contributed by atoms with van der Waals surface area (Å²) >= 11 is 0. The van der Waals surface area contributed by atoms with Gasteiger partial charge in [-0.2, -0.15) is 0 Å². The zero-order chi connectivity index (χ0) is 23.9. The summed E-state index contributed by atoms with van der Waals surface area (Å²) in [7, 11) is 1.42. The minimum atomic E-state index is -0.180. The molecule has 0 spiro atoms. The molecule has 2 atom stereocenters. The minimum absolute atomic E-state index is 0.104. The number of benzene rings is 2. The summed E-state index contributed by atoms with van der Waals surface area (Å²) in [6.45, 7) is 2.32. The molecule has 1 saturated carbocycles. The molecular formula is C27H30N4O3. The molecule has 1 fully saturated rings. The van der Waals surface area contributed by atoms with Crippen LogP contribution in [-0.2, 0) is 9.53 Å². The lowest BCUT2D eigenvalue weighted by Crippen LogP contribution is -2.37. The Kier molecular flexibility index (Phi) is 7.52. The van der Waals surface area contributed by atoms with Gasteiger partial charge >= 0.3 is 5.97 Å². The monoisotopic (exact) mass is 458 g/mol. The Morgan fingerprint density at radius 1 is 1.00 bits per heavy atom. The maximum absolute atomic E-state index is 12.9. The standard InChI is InChI=1S/C27H30N4O3/c1-18-29-24(19-9-4-3-5-10-19)16-25(30-18)31-22-13-8-12-20(15-22)26(32)28-17-21-11-6-7-14-23(21)27(33)34-2/h3-5,8-10,12-13,15-16,21,23H,6-7,11,14,17H2,1-2H3,(H,28,32)(H,29,30,31). The summed E-state index contributed by atoms with van der Waals surface area (Å²) in [5.41, 5.74) is 3.15. The van der Waals surface area contributed by atoms with E-state index in [1.165, 1.54) is 7.11 Å².